The molecule has 24 heavy (non-hydrogen) atoms. The fraction of sp³-hybridized carbons (Fsp3) is 0.176. The summed E-state index contributed by atoms with van der Waals surface area (Å²) in [5.41, 5.74) is 1.22. The highest BCUT2D eigenvalue weighted by Crippen LogP contribution is 2.27. The first-order chi connectivity index (χ1) is 11.5. The van der Waals surface area contributed by atoms with Gasteiger partial charge in [-0.2, -0.15) is 0 Å². The molecule has 7 heteroatoms. The first kappa shape index (κ1) is 17.3. The van der Waals surface area contributed by atoms with E-state index in [1.54, 1.807) is 30.3 Å². The number of rotatable bonds is 6. The van der Waals surface area contributed by atoms with Crippen LogP contribution >= 0.6 is 0 Å². The van der Waals surface area contributed by atoms with Crippen molar-refractivity contribution in [2.45, 2.75) is 6.92 Å². The number of nitrogens with one attached hydrogen (secondary N) is 3. The Morgan fingerprint density at radius 3 is 2.50 bits per heavy atom. The Morgan fingerprint density at radius 1 is 1.08 bits per heavy atom. The van der Waals surface area contributed by atoms with E-state index in [9.17, 15) is 14.0 Å². The molecule has 0 bridgehead atoms. The van der Waals surface area contributed by atoms with Gasteiger partial charge in [0.1, 0.15) is 11.6 Å². The zero-order valence-corrected chi connectivity index (χ0v) is 13.4. The molecule has 0 aliphatic carbocycles. The predicted molar refractivity (Wildman–Crippen MR) is 90.8 cm³/mol. The summed E-state index contributed by atoms with van der Waals surface area (Å²) in [5.74, 6) is -0.602. The molecule has 0 fully saturated rings. The van der Waals surface area contributed by atoms with Crippen molar-refractivity contribution in [2.75, 3.05) is 29.6 Å². The third-order valence-electron chi connectivity index (χ3n) is 3.11. The van der Waals surface area contributed by atoms with Crippen molar-refractivity contribution in [3.8, 4) is 5.75 Å². The SMILES string of the molecule is COc1ccc(NC(C)=O)cc1NCC(=O)Nc1ccccc1F. The molecule has 2 rings (SSSR count). The van der Waals surface area contributed by atoms with E-state index in [0.29, 0.717) is 17.1 Å². The number of hydrogen-bond donors (Lipinski definition) is 3. The Hall–Kier alpha value is -3.09. The summed E-state index contributed by atoms with van der Waals surface area (Å²) in [7, 11) is 1.50. The van der Waals surface area contributed by atoms with Crippen molar-refractivity contribution >= 4 is 28.9 Å². The van der Waals surface area contributed by atoms with Crippen LogP contribution in [0, 0.1) is 5.82 Å². The van der Waals surface area contributed by atoms with Crippen LogP contribution in [0.25, 0.3) is 0 Å². The van der Waals surface area contributed by atoms with Crippen molar-refractivity contribution < 1.29 is 18.7 Å². The zero-order valence-electron chi connectivity index (χ0n) is 13.4. The smallest absolute Gasteiger partial charge is 0.243 e. The minimum absolute atomic E-state index is 0.0891. The zero-order chi connectivity index (χ0) is 17.5. The summed E-state index contributed by atoms with van der Waals surface area (Å²) >= 11 is 0. The highest BCUT2D eigenvalue weighted by Gasteiger charge is 2.09. The monoisotopic (exact) mass is 331 g/mol. The Kier molecular flexibility index (Phi) is 5.73. The highest BCUT2D eigenvalue weighted by molar-refractivity contribution is 5.94. The van der Waals surface area contributed by atoms with Crippen molar-refractivity contribution in [3.05, 3.63) is 48.3 Å². The predicted octanol–water partition coefficient (Wildman–Crippen LogP) is 2.84. The maximum Gasteiger partial charge on any atom is 0.243 e. The molecular formula is C17H18FN3O3. The van der Waals surface area contributed by atoms with Gasteiger partial charge >= 0.3 is 0 Å². The molecule has 0 aliphatic rings. The summed E-state index contributed by atoms with van der Waals surface area (Å²) in [6, 6.07) is 10.9. The minimum Gasteiger partial charge on any atom is -0.495 e. The Balaban J connectivity index is 2.03. The number of carbonyl (C=O) groups excluding carboxylic acids is 2. The lowest BCUT2D eigenvalue weighted by Crippen LogP contribution is -2.22. The molecule has 0 saturated carbocycles. The van der Waals surface area contributed by atoms with E-state index in [-0.39, 0.29) is 18.1 Å². The molecular weight excluding hydrogens is 313 g/mol. The quantitative estimate of drug-likeness (QED) is 0.760. The number of hydrogen-bond acceptors (Lipinski definition) is 4. The van der Waals surface area contributed by atoms with E-state index in [4.69, 9.17) is 4.74 Å². The van der Waals surface area contributed by atoms with Crippen LogP contribution in [-0.4, -0.2) is 25.5 Å². The van der Waals surface area contributed by atoms with Gasteiger partial charge in [-0.3, -0.25) is 9.59 Å². The maximum atomic E-state index is 13.5. The van der Waals surface area contributed by atoms with E-state index in [0.717, 1.165) is 0 Å². The number of carbonyl (C=O) groups is 2. The van der Waals surface area contributed by atoms with E-state index >= 15 is 0 Å². The number of amides is 2. The summed E-state index contributed by atoms with van der Waals surface area (Å²) in [6.07, 6.45) is 0. The molecule has 0 aromatic heterocycles. The summed E-state index contributed by atoms with van der Waals surface area (Å²) in [4.78, 5) is 23.1. The maximum absolute atomic E-state index is 13.5. The van der Waals surface area contributed by atoms with Crippen molar-refractivity contribution in [1.29, 1.82) is 0 Å². The van der Waals surface area contributed by atoms with Crippen molar-refractivity contribution in [2.24, 2.45) is 0 Å². The van der Waals surface area contributed by atoms with Crippen LogP contribution in [0.15, 0.2) is 42.5 Å². The van der Waals surface area contributed by atoms with Gasteiger partial charge in [0.25, 0.3) is 0 Å². The van der Waals surface area contributed by atoms with Gasteiger partial charge in [-0.1, -0.05) is 12.1 Å². The van der Waals surface area contributed by atoms with Gasteiger partial charge in [0.2, 0.25) is 11.8 Å². The van der Waals surface area contributed by atoms with Crippen molar-refractivity contribution in [1.82, 2.24) is 0 Å². The topological polar surface area (TPSA) is 79.5 Å². The fourth-order valence-corrected chi connectivity index (χ4v) is 2.06. The van der Waals surface area contributed by atoms with E-state index in [1.807, 2.05) is 0 Å². The van der Waals surface area contributed by atoms with Crippen LogP contribution in [0.4, 0.5) is 21.5 Å². The first-order valence-electron chi connectivity index (χ1n) is 7.23. The fourth-order valence-electron chi connectivity index (χ4n) is 2.06. The number of anilines is 3. The molecule has 6 nitrogen and oxygen atoms in total. The summed E-state index contributed by atoms with van der Waals surface area (Å²) in [6.45, 7) is 1.31. The largest absolute Gasteiger partial charge is 0.495 e. The standard InChI is InChI=1S/C17H18FN3O3/c1-11(22)20-12-7-8-16(24-2)15(9-12)19-10-17(23)21-14-6-4-3-5-13(14)18/h3-9,19H,10H2,1-2H3,(H,20,22)(H,21,23). The number of halogens is 1. The number of methoxy groups -OCH3 is 1. The van der Waals surface area contributed by atoms with Gasteiger partial charge in [0.05, 0.1) is 25.0 Å². The number of para-hydroxylation sites is 1. The van der Waals surface area contributed by atoms with Crippen LogP contribution in [0.1, 0.15) is 6.92 Å². The Bertz CT molecular complexity index is 750. The van der Waals surface area contributed by atoms with Crippen LogP contribution < -0.4 is 20.7 Å². The first-order valence-corrected chi connectivity index (χ1v) is 7.23. The lowest BCUT2D eigenvalue weighted by Gasteiger charge is -2.13. The van der Waals surface area contributed by atoms with Gasteiger partial charge in [0, 0.05) is 12.6 Å². The van der Waals surface area contributed by atoms with Gasteiger partial charge in [0.15, 0.2) is 0 Å². The minimum atomic E-state index is -0.504. The highest BCUT2D eigenvalue weighted by atomic mass is 19.1. The van der Waals surface area contributed by atoms with Crippen LogP contribution in [0.5, 0.6) is 5.75 Å². The molecule has 0 unspecified atom stereocenters. The molecule has 0 radical (unpaired) electrons. The lowest BCUT2D eigenvalue weighted by molar-refractivity contribution is -0.115. The van der Waals surface area contributed by atoms with Crippen LogP contribution in [-0.2, 0) is 9.59 Å². The summed E-state index contributed by atoms with van der Waals surface area (Å²) < 4.78 is 18.7. The molecule has 0 atom stereocenters. The van der Waals surface area contributed by atoms with E-state index in [1.165, 1.54) is 26.2 Å². The number of ether oxygens (including phenoxy) is 1. The average Bonchev–Trinajstić information content (AvgIpc) is 2.55. The van der Waals surface area contributed by atoms with Gasteiger partial charge in [-0.25, -0.2) is 4.39 Å². The van der Waals surface area contributed by atoms with E-state index in [2.05, 4.69) is 16.0 Å². The van der Waals surface area contributed by atoms with Crippen LogP contribution in [0.2, 0.25) is 0 Å². The lowest BCUT2D eigenvalue weighted by atomic mass is 10.2. The molecule has 2 amide bonds. The molecule has 2 aromatic rings. The van der Waals surface area contributed by atoms with Crippen LogP contribution in [0.3, 0.4) is 0 Å². The normalized spacial score (nSPS) is 9.96. The molecule has 3 N–H and O–H groups in total. The second-order valence-corrected chi connectivity index (χ2v) is 4.98. The van der Waals surface area contributed by atoms with Gasteiger partial charge < -0.3 is 20.7 Å². The number of benzene rings is 2. The molecule has 126 valence electrons. The van der Waals surface area contributed by atoms with Crippen molar-refractivity contribution in [3.63, 3.8) is 0 Å². The third kappa shape index (κ3) is 4.70. The molecule has 0 saturated heterocycles. The molecule has 2 aromatic carbocycles. The second kappa shape index (κ2) is 7.96. The third-order valence-corrected chi connectivity index (χ3v) is 3.11. The molecule has 0 heterocycles. The molecule has 0 aliphatic heterocycles. The molecule has 0 spiro atoms. The average molecular weight is 331 g/mol. The van der Waals surface area contributed by atoms with Gasteiger partial charge in [-0.05, 0) is 30.3 Å². The second-order valence-electron chi connectivity index (χ2n) is 4.98. The van der Waals surface area contributed by atoms with Gasteiger partial charge in [-0.15, -0.1) is 0 Å². The van der Waals surface area contributed by atoms with E-state index < -0.39 is 11.7 Å². The Morgan fingerprint density at radius 2 is 1.83 bits per heavy atom. The summed E-state index contributed by atoms with van der Waals surface area (Å²) in [5, 5.41) is 8.03. The Labute approximate surface area is 139 Å².